The maximum absolute atomic E-state index is 9.65. The zero-order chi connectivity index (χ0) is 34.9. The van der Waals surface area contributed by atoms with Crippen LogP contribution in [0.15, 0.2) is 172 Å². The van der Waals surface area contributed by atoms with Gasteiger partial charge in [0.15, 0.2) is 23.3 Å². The first-order chi connectivity index (χ1) is 25.7. The maximum Gasteiger partial charge on any atom is 0.164 e. The first-order valence-corrected chi connectivity index (χ1v) is 17.5. The number of benzene rings is 6. The second-order valence-electron chi connectivity index (χ2n) is 12.0. The molecule has 0 spiro atoms. The van der Waals surface area contributed by atoms with Gasteiger partial charge in [-0.2, -0.15) is 5.26 Å². The summed E-state index contributed by atoms with van der Waals surface area (Å²) in [7, 11) is 0. The van der Waals surface area contributed by atoms with Crippen molar-refractivity contribution in [2.24, 2.45) is 0 Å². The molecule has 9 aromatic rings. The van der Waals surface area contributed by atoms with E-state index in [9.17, 15) is 5.26 Å². The van der Waals surface area contributed by atoms with Crippen LogP contribution in [-0.2, 0) is 0 Å². The molecule has 7 nitrogen and oxygen atoms in total. The molecule has 8 heteroatoms. The molecule has 0 atom stereocenters. The number of hydrogen-bond donors (Lipinski definition) is 0. The van der Waals surface area contributed by atoms with E-state index >= 15 is 0 Å². The number of fused-ring (bicyclic) bond motifs is 3. The Morgan fingerprint density at radius 1 is 0.519 bits per heavy atom. The number of nitrogens with zero attached hydrogens (tertiary/aromatic N) is 6. The molecule has 3 aromatic heterocycles. The molecule has 6 aromatic carbocycles. The van der Waals surface area contributed by atoms with Crippen LogP contribution in [0.25, 0.3) is 78.7 Å². The molecular formula is C44H26N6OS. The number of hydrogen-bond acceptors (Lipinski definition) is 8. The van der Waals surface area contributed by atoms with E-state index in [1.165, 1.54) is 0 Å². The van der Waals surface area contributed by atoms with Crippen LogP contribution in [0, 0.1) is 11.3 Å². The van der Waals surface area contributed by atoms with Crippen molar-refractivity contribution >= 4 is 33.7 Å². The molecule has 0 fully saturated rings. The van der Waals surface area contributed by atoms with Crippen LogP contribution >= 0.6 is 11.8 Å². The van der Waals surface area contributed by atoms with Gasteiger partial charge >= 0.3 is 0 Å². The van der Waals surface area contributed by atoms with Crippen molar-refractivity contribution in [2.75, 3.05) is 0 Å². The van der Waals surface area contributed by atoms with E-state index < -0.39 is 0 Å². The Balaban J connectivity index is 1.17. The smallest absolute Gasteiger partial charge is 0.164 e. The van der Waals surface area contributed by atoms with Gasteiger partial charge in [-0.05, 0) is 48.5 Å². The summed E-state index contributed by atoms with van der Waals surface area (Å²) in [6.07, 6.45) is 1.85. The fourth-order valence-electron chi connectivity index (χ4n) is 6.18. The zero-order valence-corrected chi connectivity index (χ0v) is 28.3. The molecule has 0 aliphatic heterocycles. The minimum atomic E-state index is 0.525. The first-order valence-electron chi connectivity index (χ1n) is 16.6. The van der Waals surface area contributed by atoms with Gasteiger partial charge in [0, 0.05) is 44.1 Å². The molecule has 0 radical (unpaired) electrons. The lowest BCUT2D eigenvalue weighted by atomic mass is 10.1. The third kappa shape index (κ3) is 5.96. The average molecular weight is 687 g/mol. The van der Waals surface area contributed by atoms with Crippen molar-refractivity contribution in [3.8, 4) is 62.9 Å². The average Bonchev–Trinajstić information content (AvgIpc) is 3.60. The van der Waals surface area contributed by atoms with Crippen molar-refractivity contribution < 1.29 is 4.42 Å². The van der Waals surface area contributed by atoms with Gasteiger partial charge in [0.05, 0.1) is 27.8 Å². The highest BCUT2D eigenvalue weighted by molar-refractivity contribution is 7.99. The maximum atomic E-state index is 9.65. The molecule has 0 amide bonds. The van der Waals surface area contributed by atoms with Crippen LogP contribution in [-0.4, -0.2) is 24.9 Å². The number of rotatable bonds is 7. The summed E-state index contributed by atoms with van der Waals surface area (Å²) in [5.41, 5.74) is 6.98. The largest absolute Gasteiger partial charge is 0.455 e. The topological polar surface area (TPSA) is 101 Å². The Kier molecular flexibility index (Phi) is 8.00. The first kappa shape index (κ1) is 31.1. The number of nitriles is 1. The van der Waals surface area contributed by atoms with Crippen molar-refractivity contribution in [3.63, 3.8) is 0 Å². The molecule has 0 saturated heterocycles. The summed E-state index contributed by atoms with van der Waals surface area (Å²) in [6.45, 7) is 0. The highest BCUT2D eigenvalue weighted by Gasteiger charge is 2.19. The minimum Gasteiger partial charge on any atom is -0.455 e. The molecule has 0 bridgehead atoms. The van der Waals surface area contributed by atoms with E-state index in [1.807, 2.05) is 134 Å². The van der Waals surface area contributed by atoms with Crippen molar-refractivity contribution in [1.82, 2.24) is 24.9 Å². The fourth-order valence-corrected chi connectivity index (χ4v) is 7.10. The van der Waals surface area contributed by atoms with Gasteiger partial charge < -0.3 is 4.42 Å². The van der Waals surface area contributed by atoms with Crippen LogP contribution in [0.4, 0.5) is 0 Å². The van der Waals surface area contributed by atoms with E-state index in [1.54, 1.807) is 17.8 Å². The second-order valence-corrected chi connectivity index (χ2v) is 13.2. The van der Waals surface area contributed by atoms with Crippen LogP contribution in [0.1, 0.15) is 5.56 Å². The lowest BCUT2D eigenvalue weighted by molar-refractivity contribution is 0.669. The van der Waals surface area contributed by atoms with Gasteiger partial charge in [0.25, 0.3) is 0 Å². The number of para-hydroxylation sites is 1. The second kappa shape index (κ2) is 13.4. The van der Waals surface area contributed by atoms with E-state index in [2.05, 4.69) is 24.3 Å². The third-order valence-corrected chi connectivity index (χ3v) is 9.71. The van der Waals surface area contributed by atoms with Crippen molar-refractivity contribution in [1.29, 1.82) is 5.26 Å². The molecule has 244 valence electrons. The summed E-state index contributed by atoms with van der Waals surface area (Å²) in [5, 5.41) is 11.5. The third-order valence-electron chi connectivity index (χ3n) is 8.69. The highest BCUT2D eigenvalue weighted by atomic mass is 32.2. The Hall–Kier alpha value is -6.95. The summed E-state index contributed by atoms with van der Waals surface area (Å²) in [4.78, 5) is 26.6. The molecule has 9 rings (SSSR count). The highest BCUT2D eigenvalue weighted by Crippen LogP contribution is 2.39. The predicted octanol–water partition coefficient (Wildman–Crippen LogP) is 10.9. The molecule has 0 saturated carbocycles. The quantitative estimate of drug-likeness (QED) is 0.163. The van der Waals surface area contributed by atoms with E-state index in [0.717, 1.165) is 59.7 Å². The summed E-state index contributed by atoms with van der Waals surface area (Å²) < 4.78 is 6.54. The van der Waals surface area contributed by atoms with Crippen LogP contribution in [0.2, 0.25) is 0 Å². The minimum absolute atomic E-state index is 0.525. The lowest BCUT2D eigenvalue weighted by Crippen LogP contribution is -2.00. The van der Waals surface area contributed by atoms with Gasteiger partial charge in [-0.15, -0.1) is 0 Å². The molecule has 3 heterocycles. The Bertz CT molecular complexity index is 2720. The standard InChI is InChI=1S/C44H26N6OS/c45-26-28-12-10-17-31(24-28)39-38(52-33-18-8-3-9-19-33)27-46-44(47-39)35-21-11-20-34-36-25-32(22-23-37(36)51-40(34)35)43-49-41(29-13-4-1-5-14-29)48-42(50-43)30-15-6-2-7-16-30/h1-25,27H. The van der Waals surface area contributed by atoms with E-state index in [-0.39, 0.29) is 0 Å². The molecule has 0 N–H and O–H groups in total. The van der Waals surface area contributed by atoms with Crippen molar-refractivity contribution in [3.05, 3.63) is 163 Å². The number of aromatic nitrogens is 5. The molecule has 0 unspecified atom stereocenters. The lowest BCUT2D eigenvalue weighted by Gasteiger charge is -2.11. The normalized spacial score (nSPS) is 11.1. The van der Waals surface area contributed by atoms with Gasteiger partial charge in [-0.25, -0.2) is 24.9 Å². The summed E-state index contributed by atoms with van der Waals surface area (Å²) >= 11 is 1.58. The van der Waals surface area contributed by atoms with Gasteiger partial charge in [-0.1, -0.05) is 115 Å². The van der Waals surface area contributed by atoms with Gasteiger partial charge in [0.2, 0.25) is 0 Å². The van der Waals surface area contributed by atoms with Gasteiger partial charge in [0.1, 0.15) is 11.2 Å². The number of furan rings is 1. The van der Waals surface area contributed by atoms with E-state index in [0.29, 0.717) is 34.4 Å². The van der Waals surface area contributed by atoms with E-state index in [4.69, 9.17) is 29.3 Å². The molecule has 0 aliphatic rings. The monoisotopic (exact) mass is 686 g/mol. The van der Waals surface area contributed by atoms with Crippen molar-refractivity contribution in [2.45, 2.75) is 9.79 Å². The fraction of sp³-hybridized carbons (Fsp3) is 0. The zero-order valence-electron chi connectivity index (χ0n) is 27.5. The molecular weight excluding hydrogens is 661 g/mol. The summed E-state index contributed by atoms with van der Waals surface area (Å²) in [5.74, 6) is 2.30. The predicted molar refractivity (Wildman–Crippen MR) is 205 cm³/mol. The Labute approximate surface area is 303 Å². The molecule has 52 heavy (non-hydrogen) atoms. The van der Waals surface area contributed by atoms with Crippen LogP contribution in [0.5, 0.6) is 0 Å². The molecule has 0 aliphatic carbocycles. The Morgan fingerprint density at radius 3 is 1.85 bits per heavy atom. The van der Waals surface area contributed by atoms with Gasteiger partial charge in [-0.3, -0.25) is 0 Å². The van der Waals surface area contributed by atoms with Crippen LogP contribution in [0.3, 0.4) is 0 Å². The van der Waals surface area contributed by atoms with Crippen LogP contribution < -0.4 is 0 Å². The Morgan fingerprint density at radius 2 is 1.15 bits per heavy atom. The summed E-state index contributed by atoms with van der Waals surface area (Å²) in [6, 6.07) is 51.8. The SMILES string of the molecule is N#Cc1cccc(-c2nc(-c3cccc4c3oc3ccc(-c5nc(-c6ccccc6)nc(-c6ccccc6)n5)cc34)ncc2Sc2ccccc2)c1.